The predicted molar refractivity (Wildman–Crippen MR) is 70.5 cm³/mol. The Morgan fingerprint density at radius 3 is 2.65 bits per heavy atom. The third-order valence-corrected chi connectivity index (χ3v) is 5.32. The lowest BCUT2D eigenvalue weighted by atomic mass is 10.4. The summed E-state index contributed by atoms with van der Waals surface area (Å²) in [6.07, 6.45) is 0.288. The Bertz CT molecular complexity index is 412. The maximum Gasteiger partial charge on any atom is 0.214 e. The second kappa shape index (κ2) is 6.49. The molecule has 6 heteroatoms. The van der Waals surface area contributed by atoms with Crippen molar-refractivity contribution in [1.29, 1.82) is 0 Å². The molecule has 1 aromatic rings. The molecule has 98 valence electrons. The Morgan fingerprint density at radius 2 is 2.18 bits per heavy atom. The molecule has 1 rings (SSSR count). The van der Waals surface area contributed by atoms with Crippen LogP contribution >= 0.6 is 11.3 Å². The summed E-state index contributed by atoms with van der Waals surface area (Å²) < 4.78 is 25.6. The Kier molecular flexibility index (Phi) is 5.58. The fourth-order valence-electron chi connectivity index (χ4n) is 1.52. The highest BCUT2D eigenvalue weighted by molar-refractivity contribution is 7.89. The molecule has 0 aliphatic heterocycles. The van der Waals surface area contributed by atoms with E-state index >= 15 is 0 Å². The second-order valence-corrected chi connectivity index (χ2v) is 7.18. The SMILES string of the molecule is CC(C)N(Cc1cccs1)S(=O)(=O)CCCO. The van der Waals surface area contributed by atoms with E-state index in [0.717, 1.165) is 4.88 Å². The molecule has 0 amide bonds. The van der Waals surface area contributed by atoms with Gasteiger partial charge in [-0.1, -0.05) is 6.07 Å². The highest BCUT2D eigenvalue weighted by atomic mass is 32.2. The number of aliphatic hydroxyl groups excluding tert-OH is 1. The van der Waals surface area contributed by atoms with Gasteiger partial charge in [-0.3, -0.25) is 0 Å². The van der Waals surface area contributed by atoms with Crippen LogP contribution in [0.3, 0.4) is 0 Å². The van der Waals surface area contributed by atoms with Crippen molar-refractivity contribution in [3.8, 4) is 0 Å². The van der Waals surface area contributed by atoms with Gasteiger partial charge in [0, 0.05) is 24.1 Å². The molecular weight excluding hydrogens is 258 g/mol. The largest absolute Gasteiger partial charge is 0.396 e. The van der Waals surface area contributed by atoms with Crippen molar-refractivity contribution in [2.45, 2.75) is 32.9 Å². The summed E-state index contributed by atoms with van der Waals surface area (Å²) in [6.45, 7) is 4.06. The standard InChI is InChI=1S/C11H19NO3S2/c1-10(2)12(9-11-5-3-7-16-11)17(14,15)8-4-6-13/h3,5,7,10,13H,4,6,8-9H2,1-2H3. The zero-order valence-corrected chi connectivity index (χ0v) is 11.8. The summed E-state index contributed by atoms with van der Waals surface area (Å²) in [4.78, 5) is 1.03. The van der Waals surface area contributed by atoms with Crippen LogP contribution in [0, 0.1) is 0 Å². The Morgan fingerprint density at radius 1 is 1.47 bits per heavy atom. The average Bonchev–Trinajstić information content (AvgIpc) is 2.75. The number of hydrogen-bond donors (Lipinski definition) is 1. The number of thiophene rings is 1. The molecule has 0 saturated heterocycles. The summed E-state index contributed by atoms with van der Waals surface area (Å²) in [7, 11) is -3.28. The zero-order chi connectivity index (χ0) is 12.9. The number of hydrogen-bond acceptors (Lipinski definition) is 4. The first-order chi connectivity index (χ1) is 7.97. The smallest absolute Gasteiger partial charge is 0.214 e. The van der Waals surface area contributed by atoms with Crippen LogP contribution < -0.4 is 0 Å². The van der Waals surface area contributed by atoms with Gasteiger partial charge in [0.05, 0.1) is 5.75 Å². The van der Waals surface area contributed by atoms with Crippen molar-refractivity contribution in [2.75, 3.05) is 12.4 Å². The molecule has 0 bridgehead atoms. The summed E-state index contributed by atoms with van der Waals surface area (Å²) in [6, 6.07) is 3.78. The molecule has 0 saturated carbocycles. The molecule has 0 unspecified atom stereocenters. The Balaban J connectivity index is 2.78. The molecule has 1 aromatic heterocycles. The fraction of sp³-hybridized carbons (Fsp3) is 0.636. The zero-order valence-electron chi connectivity index (χ0n) is 10.2. The first-order valence-electron chi connectivity index (χ1n) is 5.60. The fourth-order valence-corrected chi connectivity index (χ4v) is 4.01. The van der Waals surface area contributed by atoms with Crippen LogP contribution in [-0.4, -0.2) is 36.2 Å². The van der Waals surface area contributed by atoms with Crippen LogP contribution in [0.15, 0.2) is 17.5 Å². The summed E-state index contributed by atoms with van der Waals surface area (Å²) in [5.74, 6) is 0.00700. The minimum atomic E-state index is -3.28. The maximum absolute atomic E-state index is 12.1. The van der Waals surface area contributed by atoms with Gasteiger partial charge < -0.3 is 5.11 Å². The highest BCUT2D eigenvalue weighted by Gasteiger charge is 2.24. The van der Waals surface area contributed by atoms with Gasteiger partial charge in [0.2, 0.25) is 10.0 Å². The van der Waals surface area contributed by atoms with Gasteiger partial charge in [0.15, 0.2) is 0 Å². The van der Waals surface area contributed by atoms with Gasteiger partial charge in [-0.25, -0.2) is 8.42 Å². The van der Waals surface area contributed by atoms with E-state index in [2.05, 4.69) is 0 Å². The van der Waals surface area contributed by atoms with E-state index < -0.39 is 10.0 Å². The van der Waals surface area contributed by atoms with Gasteiger partial charge >= 0.3 is 0 Å². The van der Waals surface area contributed by atoms with Crippen LogP contribution in [0.1, 0.15) is 25.1 Å². The van der Waals surface area contributed by atoms with E-state index in [1.807, 2.05) is 31.4 Å². The lowest BCUT2D eigenvalue weighted by Gasteiger charge is -2.25. The van der Waals surface area contributed by atoms with Crippen molar-refractivity contribution < 1.29 is 13.5 Å². The van der Waals surface area contributed by atoms with E-state index in [1.54, 1.807) is 11.3 Å². The van der Waals surface area contributed by atoms with E-state index in [1.165, 1.54) is 4.31 Å². The van der Waals surface area contributed by atoms with Gasteiger partial charge in [-0.15, -0.1) is 11.3 Å². The third-order valence-electron chi connectivity index (χ3n) is 2.39. The molecule has 0 aromatic carbocycles. The quantitative estimate of drug-likeness (QED) is 0.825. The monoisotopic (exact) mass is 277 g/mol. The Hall–Kier alpha value is -0.430. The minimum Gasteiger partial charge on any atom is -0.396 e. The molecule has 17 heavy (non-hydrogen) atoms. The number of nitrogens with zero attached hydrogens (tertiary/aromatic N) is 1. The minimum absolute atomic E-state index is 0.00700. The lowest BCUT2D eigenvalue weighted by Crippen LogP contribution is -2.37. The van der Waals surface area contributed by atoms with Crippen LogP contribution in [0.4, 0.5) is 0 Å². The normalized spacial score (nSPS) is 12.5. The van der Waals surface area contributed by atoms with Crippen molar-refractivity contribution in [3.05, 3.63) is 22.4 Å². The molecule has 1 N–H and O–H groups in total. The summed E-state index contributed by atoms with van der Waals surface area (Å²) >= 11 is 1.55. The van der Waals surface area contributed by atoms with Crippen LogP contribution in [0.5, 0.6) is 0 Å². The van der Waals surface area contributed by atoms with Crippen molar-refractivity contribution >= 4 is 21.4 Å². The van der Waals surface area contributed by atoms with Crippen LogP contribution in [0.2, 0.25) is 0 Å². The lowest BCUT2D eigenvalue weighted by molar-refractivity contribution is 0.292. The summed E-state index contributed by atoms with van der Waals surface area (Å²) in [5, 5.41) is 10.7. The molecule has 0 radical (unpaired) electrons. The van der Waals surface area contributed by atoms with Crippen molar-refractivity contribution in [1.82, 2.24) is 4.31 Å². The molecule has 4 nitrogen and oxygen atoms in total. The average molecular weight is 277 g/mol. The number of sulfonamides is 1. The topological polar surface area (TPSA) is 57.6 Å². The van der Waals surface area contributed by atoms with E-state index in [4.69, 9.17) is 5.11 Å². The van der Waals surface area contributed by atoms with Crippen molar-refractivity contribution in [3.63, 3.8) is 0 Å². The number of rotatable bonds is 7. The molecule has 0 aliphatic carbocycles. The first kappa shape index (κ1) is 14.6. The second-order valence-electron chi connectivity index (χ2n) is 4.11. The van der Waals surface area contributed by atoms with E-state index in [9.17, 15) is 8.42 Å². The molecular formula is C11H19NO3S2. The Labute approximate surface area is 107 Å². The van der Waals surface area contributed by atoms with E-state index in [-0.39, 0.29) is 24.8 Å². The maximum atomic E-state index is 12.1. The van der Waals surface area contributed by atoms with Gasteiger partial charge in [-0.2, -0.15) is 4.31 Å². The third kappa shape index (κ3) is 4.39. The highest BCUT2D eigenvalue weighted by Crippen LogP contribution is 2.17. The van der Waals surface area contributed by atoms with Crippen LogP contribution in [-0.2, 0) is 16.6 Å². The van der Waals surface area contributed by atoms with Crippen LogP contribution in [0.25, 0.3) is 0 Å². The first-order valence-corrected chi connectivity index (χ1v) is 8.09. The summed E-state index contributed by atoms with van der Waals surface area (Å²) in [5.41, 5.74) is 0. The predicted octanol–water partition coefficient (Wildman–Crippen LogP) is 1.67. The van der Waals surface area contributed by atoms with Crippen molar-refractivity contribution in [2.24, 2.45) is 0 Å². The molecule has 0 fully saturated rings. The van der Waals surface area contributed by atoms with E-state index in [0.29, 0.717) is 6.54 Å². The van der Waals surface area contributed by atoms with Gasteiger partial charge in [-0.05, 0) is 31.7 Å². The molecule has 0 atom stereocenters. The molecule has 1 heterocycles. The van der Waals surface area contributed by atoms with Gasteiger partial charge in [0.25, 0.3) is 0 Å². The molecule has 0 aliphatic rings. The number of aliphatic hydroxyl groups is 1. The van der Waals surface area contributed by atoms with Gasteiger partial charge in [0.1, 0.15) is 0 Å². The molecule has 0 spiro atoms.